The molecule has 0 aliphatic carbocycles. The number of nitrogens with one attached hydrogen (secondary N) is 2. The lowest BCUT2D eigenvalue weighted by Crippen LogP contribution is -2.45. The van der Waals surface area contributed by atoms with E-state index < -0.39 is 5.54 Å². The standard InChI is InChI=1S/C21H27N3O2.ClH/c1-14(2)13-23-19(25)16-10-11-18(15(3)12-16)24-20(26)21(4,22)17-8-6-5-7-9-17;/h5-12,14H,13,22H2,1-4H3,(H,23,25)(H,24,26);1H. The van der Waals surface area contributed by atoms with E-state index in [0.717, 1.165) is 11.1 Å². The van der Waals surface area contributed by atoms with Gasteiger partial charge >= 0.3 is 0 Å². The molecular weight excluding hydrogens is 362 g/mol. The Morgan fingerprint density at radius 1 is 1.11 bits per heavy atom. The van der Waals surface area contributed by atoms with Crippen molar-refractivity contribution in [3.8, 4) is 0 Å². The lowest BCUT2D eigenvalue weighted by atomic mass is 9.92. The van der Waals surface area contributed by atoms with Crippen molar-refractivity contribution in [2.45, 2.75) is 33.2 Å². The summed E-state index contributed by atoms with van der Waals surface area (Å²) < 4.78 is 0. The third-order valence-electron chi connectivity index (χ3n) is 4.25. The maximum Gasteiger partial charge on any atom is 0.251 e. The van der Waals surface area contributed by atoms with E-state index in [1.165, 1.54) is 0 Å². The van der Waals surface area contributed by atoms with Gasteiger partial charge in [0.1, 0.15) is 5.54 Å². The molecule has 2 aromatic carbocycles. The monoisotopic (exact) mass is 389 g/mol. The Kier molecular flexibility index (Phi) is 8.00. The molecule has 2 rings (SSSR count). The molecule has 0 fully saturated rings. The minimum Gasteiger partial charge on any atom is -0.352 e. The molecule has 0 spiro atoms. The largest absolute Gasteiger partial charge is 0.352 e. The molecule has 27 heavy (non-hydrogen) atoms. The molecule has 6 heteroatoms. The molecule has 0 aliphatic heterocycles. The minimum atomic E-state index is -1.15. The molecule has 0 radical (unpaired) electrons. The number of aryl methyl sites for hydroxylation is 1. The van der Waals surface area contributed by atoms with Crippen LogP contribution in [-0.4, -0.2) is 18.4 Å². The first kappa shape index (κ1) is 22.7. The second-order valence-corrected chi connectivity index (χ2v) is 7.16. The number of hydrogen-bond donors (Lipinski definition) is 3. The van der Waals surface area contributed by atoms with Crippen LogP contribution in [-0.2, 0) is 10.3 Å². The van der Waals surface area contributed by atoms with Crippen molar-refractivity contribution in [3.63, 3.8) is 0 Å². The highest BCUT2D eigenvalue weighted by molar-refractivity contribution is 6.00. The van der Waals surface area contributed by atoms with Gasteiger partial charge in [-0.15, -0.1) is 12.4 Å². The van der Waals surface area contributed by atoms with E-state index in [1.54, 1.807) is 25.1 Å². The molecule has 0 aliphatic rings. The van der Waals surface area contributed by atoms with Crippen LogP contribution in [0, 0.1) is 12.8 Å². The number of carbonyl (C=O) groups excluding carboxylic acids is 2. The van der Waals surface area contributed by atoms with Gasteiger partial charge in [-0.05, 0) is 49.1 Å². The van der Waals surface area contributed by atoms with Crippen LogP contribution in [0.1, 0.15) is 42.3 Å². The summed E-state index contributed by atoms with van der Waals surface area (Å²) in [6.07, 6.45) is 0. The van der Waals surface area contributed by atoms with Crippen LogP contribution in [0.2, 0.25) is 0 Å². The summed E-state index contributed by atoms with van der Waals surface area (Å²) in [6, 6.07) is 14.4. The highest BCUT2D eigenvalue weighted by Gasteiger charge is 2.30. The fraction of sp³-hybridized carbons (Fsp3) is 0.333. The van der Waals surface area contributed by atoms with Gasteiger partial charge in [-0.25, -0.2) is 0 Å². The first-order valence-electron chi connectivity index (χ1n) is 8.76. The molecule has 0 saturated heterocycles. The van der Waals surface area contributed by atoms with Crippen LogP contribution in [0.3, 0.4) is 0 Å². The van der Waals surface area contributed by atoms with E-state index in [4.69, 9.17) is 5.73 Å². The Bertz CT molecular complexity index is 789. The van der Waals surface area contributed by atoms with Gasteiger partial charge in [0.05, 0.1) is 0 Å². The summed E-state index contributed by atoms with van der Waals surface area (Å²) in [5.41, 5.74) is 7.85. The Hall–Kier alpha value is -2.37. The summed E-state index contributed by atoms with van der Waals surface area (Å²) >= 11 is 0. The summed E-state index contributed by atoms with van der Waals surface area (Å²) in [7, 11) is 0. The lowest BCUT2D eigenvalue weighted by molar-refractivity contribution is -0.120. The molecule has 0 bridgehead atoms. The number of hydrogen-bond acceptors (Lipinski definition) is 3. The Morgan fingerprint density at radius 3 is 2.30 bits per heavy atom. The van der Waals surface area contributed by atoms with Crippen LogP contribution in [0.4, 0.5) is 5.69 Å². The summed E-state index contributed by atoms with van der Waals surface area (Å²) in [5, 5.41) is 5.76. The second-order valence-electron chi connectivity index (χ2n) is 7.16. The molecule has 2 aromatic rings. The van der Waals surface area contributed by atoms with Crippen molar-refractivity contribution < 1.29 is 9.59 Å². The molecule has 1 atom stereocenters. The third kappa shape index (κ3) is 5.81. The van der Waals surface area contributed by atoms with Crippen LogP contribution < -0.4 is 16.4 Å². The molecule has 4 N–H and O–H groups in total. The van der Waals surface area contributed by atoms with Crippen molar-refractivity contribution >= 4 is 29.9 Å². The number of anilines is 1. The Balaban J connectivity index is 0.00000364. The number of nitrogens with two attached hydrogens (primary N) is 1. The molecule has 0 heterocycles. The zero-order valence-electron chi connectivity index (χ0n) is 16.2. The molecule has 1 unspecified atom stereocenters. The maximum atomic E-state index is 12.7. The fourth-order valence-corrected chi connectivity index (χ4v) is 2.51. The summed E-state index contributed by atoms with van der Waals surface area (Å²) in [5.74, 6) is -0.0322. The molecule has 0 aromatic heterocycles. The first-order valence-corrected chi connectivity index (χ1v) is 8.76. The number of carbonyl (C=O) groups is 2. The maximum absolute atomic E-state index is 12.7. The van der Waals surface area contributed by atoms with Crippen molar-refractivity contribution in [3.05, 3.63) is 65.2 Å². The van der Waals surface area contributed by atoms with Crippen LogP contribution in [0.5, 0.6) is 0 Å². The second kappa shape index (κ2) is 9.53. The van der Waals surface area contributed by atoms with E-state index >= 15 is 0 Å². The molecule has 146 valence electrons. The first-order chi connectivity index (χ1) is 12.2. The predicted molar refractivity (Wildman–Crippen MR) is 112 cm³/mol. The molecule has 0 saturated carbocycles. The quantitative estimate of drug-likeness (QED) is 0.705. The zero-order valence-corrected chi connectivity index (χ0v) is 17.0. The van der Waals surface area contributed by atoms with E-state index in [-0.39, 0.29) is 24.2 Å². The normalized spacial score (nSPS) is 12.7. The van der Waals surface area contributed by atoms with Gasteiger partial charge < -0.3 is 16.4 Å². The van der Waals surface area contributed by atoms with Gasteiger partial charge in [-0.2, -0.15) is 0 Å². The van der Waals surface area contributed by atoms with Gasteiger partial charge in [0.25, 0.3) is 5.91 Å². The van der Waals surface area contributed by atoms with Gasteiger partial charge in [0.15, 0.2) is 0 Å². The fourth-order valence-electron chi connectivity index (χ4n) is 2.51. The summed E-state index contributed by atoms with van der Waals surface area (Å²) in [4.78, 5) is 24.8. The van der Waals surface area contributed by atoms with Crippen LogP contribution in [0.25, 0.3) is 0 Å². The molecular formula is C21H28ClN3O2. The lowest BCUT2D eigenvalue weighted by Gasteiger charge is -2.24. The Morgan fingerprint density at radius 2 is 1.74 bits per heavy atom. The van der Waals surface area contributed by atoms with E-state index in [9.17, 15) is 9.59 Å². The highest BCUT2D eigenvalue weighted by Crippen LogP contribution is 2.22. The molecule has 5 nitrogen and oxygen atoms in total. The van der Waals surface area contributed by atoms with Crippen LogP contribution in [0.15, 0.2) is 48.5 Å². The third-order valence-corrected chi connectivity index (χ3v) is 4.25. The topological polar surface area (TPSA) is 84.2 Å². The van der Waals surface area contributed by atoms with Gasteiger partial charge in [0, 0.05) is 17.8 Å². The number of halogens is 1. The average molecular weight is 390 g/mol. The number of amides is 2. The smallest absolute Gasteiger partial charge is 0.251 e. The van der Waals surface area contributed by atoms with Crippen molar-refractivity contribution in [1.82, 2.24) is 5.32 Å². The molecule has 2 amide bonds. The summed E-state index contributed by atoms with van der Waals surface area (Å²) in [6.45, 7) is 8.24. The number of benzene rings is 2. The Labute approximate surface area is 167 Å². The van der Waals surface area contributed by atoms with Gasteiger partial charge in [-0.1, -0.05) is 44.2 Å². The van der Waals surface area contributed by atoms with Gasteiger partial charge in [0.2, 0.25) is 5.91 Å². The van der Waals surface area contributed by atoms with E-state index in [1.807, 2.05) is 51.1 Å². The minimum absolute atomic E-state index is 0. The highest BCUT2D eigenvalue weighted by atomic mass is 35.5. The number of rotatable bonds is 6. The SMILES string of the molecule is Cc1cc(C(=O)NCC(C)C)ccc1NC(=O)C(C)(N)c1ccccc1.Cl. The van der Waals surface area contributed by atoms with Gasteiger partial charge in [-0.3, -0.25) is 9.59 Å². The van der Waals surface area contributed by atoms with Crippen LogP contribution >= 0.6 is 12.4 Å². The zero-order chi connectivity index (χ0) is 19.3. The van der Waals surface area contributed by atoms with Crippen molar-refractivity contribution in [2.75, 3.05) is 11.9 Å². The van der Waals surface area contributed by atoms with Crippen molar-refractivity contribution in [2.24, 2.45) is 11.7 Å². The average Bonchev–Trinajstić information content (AvgIpc) is 2.61. The van der Waals surface area contributed by atoms with E-state index in [0.29, 0.717) is 23.7 Å². The predicted octanol–water partition coefficient (Wildman–Crippen LogP) is 3.62. The van der Waals surface area contributed by atoms with Crippen molar-refractivity contribution in [1.29, 1.82) is 0 Å². The van der Waals surface area contributed by atoms with E-state index in [2.05, 4.69) is 10.6 Å².